The molecule has 1 amide bonds. The number of aromatic hydroxyl groups is 1. The fourth-order valence-electron chi connectivity index (χ4n) is 1.93. The zero-order valence-electron chi connectivity index (χ0n) is 11.8. The van der Waals surface area contributed by atoms with Gasteiger partial charge in [-0.2, -0.15) is 0 Å². The lowest BCUT2D eigenvalue weighted by atomic mass is 10.2. The van der Waals surface area contributed by atoms with E-state index in [1.165, 1.54) is 11.8 Å². The number of aliphatic imine (C=N–C) groups is 1. The summed E-state index contributed by atoms with van der Waals surface area (Å²) in [7, 11) is 0. The molecule has 0 bridgehead atoms. The maximum absolute atomic E-state index is 12.0. The Balaban J connectivity index is 1.85. The molecular weight excluding hydrogens is 298 g/mol. The molecule has 0 aliphatic carbocycles. The van der Waals surface area contributed by atoms with Crippen LogP contribution < -0.4 is 5.32 Å². The van der Waals surface area contributed by atoms with Crippen molar-refractivity contribution in [2.45, 2.75) is 6.92 Å². The smallest absolute Gasteiger partial charge is 0.264 e. The predicted molar refractivity (Wildman–Crippen MR) is 87.9 cm³/mol. The number of thioether (sulfide) groups is 1. The molecule has 0 saturated carbocycles. The molecule has 0 unspecified atom stereocenters. The fraction of sp³-hybridized carbons (Fsp3) is 0.0625. The normalized spacial score (nSPS) is 18.0. The van der Waals surface area contributed by atoms with Gasteiger partial charge in [0.25, 0.3) is 5.91 Å². The van der Waals surface area contributed by atoms with E-state index in [4.69, 9.17) is 0 Å². The third kappa shape index (κ3) is 3.17. The van der Waals surface area contributed by atoms with Crippen LogP contribution in [0.1, 0.15) is 11.1 Å². The molecular formula is C16H13N3O2S. The van der Waals surface area contributed by atoms with Gasteiger partial charge in [-0.15, -0.1) is 0 Å². The molecule has 2 N–H and O–H groups in total. The van der Waals surface area contributed by atoms with Crippen LogP contribution in [0.2, 0.25) is 0 Å². The van der Waals surface area contributed by atoms with Crippen LogP contribution in [-0.4, -0.2) is 21.2 Å². The minimum atomic E-state index is -0.202. The number of amidine groups is 1. The first kappa shape index (κ1) is 14.3. The van der Waals surface area contributed by atoms with Gasteiger partial charge < -0.3 is 10.4 Å². The number of hydrogen-bond acceptors (Lipinski definition) is 5. The average molecular weight is 311 g/mol. The van der Waals surface area contributed by atoms with E-state index in [-0.39, 0.29) is 11.7 Å². The van der Waals surface area contributed by atoms with Gasteiger partial charge >= 0.3 is 0 Å². The number of aryl methyl sites for hydroxylation is 1. The van der Waals surface area contributed by atoms with E-state index < -0.39 is 0 Å². The first-order valence-electron chi connectivity index (χ1n) is 6.61. The first-order chi connectivity index (χ1) is 10.6. The third-order valence-electron chi connectivity index (χ3n) is 3.01. The van der Waals surface area contributed by atoms with E-state index in [2.05, 4.69) is 15.3 Å². The molecule has 110 valence electrons. The Morgan fingerprint density at radius 3 is 2.77 bits per heavy atom. The van der Waals surface area contributed by atoms with Crippen LogP contribution in [-0.2, 0) is 4.79 Å². The summed E-state index contributed by atoms with van der Waals surface area (Å²) in [6, 6.07) is 8.85. The highest BCUT2D eigenvalue weighted by Crippen LogP contribution is 2.32. The van der Waals surface area contributed by atoms with E-state index in [1.54, 1.807) is 30.6 Å². The van der Waals surface area contributed by atoms with Gasteiger partial charge in [0.2, 0.25) is 0 Å². The Hall–Kier alpha value is -2.60. The lowest BCUT2D eigenvalue weighted by Crippen LogP contribution is -2.19. The van der Waals surface area contributed by atoms with Crippen LogP contribution in [0, 0.1) is 6.92 Å². The van der Waals surface area contributed by atoms with Crippen LogP contribution >= 0.6 is 11.8 Å². The zero-order chi connectivity index (χ0) is 15.5. The number of phenolic OH excluding ortho intramolecular Hbond substituents is 1. The highest BCUT2D eigenvalue weighted by Gasteiger charge is 2.24. The molecule has 1 aliphatic heterocycles. The number of carbonyl (C=O) groups excluding carboxylic acids is 1. The van der Waals surface area contributed by atoms with Crippen LogP contribution in [0.15, 0.2) is 52.6 Å². The second-order valence-corrected chi connectivity index (χ2v) is 5.79. The molecule has 1 aromatic heterocycles. The Labute approximate surface area is 131 Å². The van der Waals surface area contributed by atoms with Crippen molar-refractivity contribution in [2.75, 3.05) is 0 Å². The number of benzene rings is 1. The van der Waals surface area contributed by atoms with Crippen LogP contribution in [0.5, 0.6) is 5.75 Å². The lowest BCUT2D eigenvalue weighted by Gasteiger charge is -2.01. The molecule has 1 fully saturated rings. The van der Waals surface area contributed by atoms with Crippen molar-refractivity contribution in [3.63, 3.8) is 0 Å². The fourth-order valence-corrected chi connectivity index (χ4v) is 2.76. The molecule has 6 heteroatoms. The molecule has 22 heavy (non-hydrogen) atoms. The number of phenols is 1. The molecule has 0 radical (unpaired) electrons. The van der Waals surface area contributed by atoms with Crippen LogP contribution in [0.25, 0.3) is 6.08 Å². The van der Waals surface area contributed by atoms with Gasteiger partial charge in [-0.05, 0) is 60.2 Å². The zero-order valence-corrected chi connectivity index (χ0v) is 12.6. The number of pyridine rings is 1. The summed E-state index contributed by atoms with van der Waals surface area (Å²) in [5.41, 5.74) is 2.27. The highest BCUT2D eigenvalue weighted by molar-refractivity contribution is 8.18. The van der Waals surface area contributed by atoms with Gasteiger partial charge in [0.05, 0.1) is 4.91 Å². The van der Waals surface area contributed by atoms with Gasteiger partial charge in [0, 0.05) is 12.4 Å². The summed E-state index contributed by atoms with van der Waals surface area (Å²) in [5.74, 6) is -0.110. The van der Waals surface area contributed by atoms with E-state index >= 15 is 0 Å². The molecule has 2 aromatic rings. The summed E-state index contributed by atoms with van der Waals surface area (Å²) in [6.07, 6.45) is 5.12. The summed E-state index contributed by atoms with van der Waals surface area (Å²) in [6.45, 7) is 1.89. The van der Waals surface area contributed by atoms with Crippen LogP contribution in [0.4, 0.5) is 5.69 Å². The number of aromatic nitrogens is 1. The summed E-state index contributed by atoms with van der Waals surface area (Å²) >= 11 is 1.24. The number of nitrogens with one attached hydrogen (secondary N) is 1. The molecule has 1 aliphatic rings. The molecule has 0 atom stereocenters. The number of nitrogens with zero attached hydrogens (tertiary/aromatic N) is 2. The maximum Gasteiger partial charge on any atom is 0.264 e. The third-order valence-corrected chi connectivity index (χ3v) is 3.92. The second-order valence-electron chi connectivity index (χ2n) is 4.75. The lowest BCUT2D eigenvalue weighted by molar-refractivity contribution is -0.115. The first-order valence-corrected chi connectivity index (χ1v) is 7.43. The summed E-state index contributed by atoms with van der Waals surface area (Å²) in [5, 5.41) is 13.0. The Bertz CT molecular complexity index is 785. The number of hydrogen-bond donors (Lipinski definition) is 2. The van der Waals surface area contributed by atoms with Crippen molar-refractivity contribution in [3.05, 3.63) is 58.8 Å². The summed E-state index contributed by atoms with van der Waals surface area (Å²) in [4.78, 5) is 20.7. The molecule has 0 spiro atoms. The van der Waals surface area contributed by atoms with Gasteiger partial charge in [-0.1, -0.05) is 6.07 Å². The molecule has 1 saturated heterocycles. The molecule has 3 rings (SSSR count). The highest BCUT2D eigenvalue weighted by atomic mass is 32.2. The van der Waals surface area contributed by atoms with Crippen molar-refractivity contribution in [2.24, 2.45) is 4.99 Å². The van der Waals surface area contributed by atoms with Crippen molar-refractivity contribution < 1.29 is 9.90 Å². The minimum Gasteiger partial charge on any atom is -0.506 e. The Morgan fingerprint density at radius 2 is 2.05 bits per heavy atom. The van der Waals surface area contributed by atoms with E-state index in [0.717, 1.165) is 11.1 Å². The van der Waals surface area contributed by atoms with Gasteiger partial charge in [-0.25, -0.2) is 4.99 Å². The second kappa shape index (κ2) is 6.03. The largest absolute Gasteiger partial charge is 0.506 e. The number of amides is 1. The van der Waals surface area contributed by atoms with Crippen molar-refractivity contribution >= 4 is 34.6 Å². The monoisotopic (exact) mass is 311 g/mol. The minimum absolute atomic E-state index is 0.0916. The molecule has 1 aromatic carbocycles. The van der Waals surface area contributed by atoms with Crippen molar-refractivity contribution in [1.82, 2.24) is 10.3 Å². The quantitative estimate of drug-likeness (QED) is 0.836. The van der Waals surface area contributed by atoms with Crippen LogP contribution in [0.3, 0.4) is 0 Å². The topological polar surface area (TPSA) is 74.6 Å². The standard InChI is InChI=1S/C16H13N3O2S/c1-10-2-3-12(13(20)8-10)18-16-19-15(21)14(22-16)9-11-4-6-17-7-5-11/h2-9,20H,1H3,(H,18,19,21)/b14-9-. The average Bonchev–Trinajstić information content (AvgIpc) is 2.83. The van der Waals surface area contributed by atoms with Crippen molar-refractivity contribution in [3.8, 4) is 5.75 Å². The Kier molecular flexibility index (Phi) is 3.93. The summed E-state index contributed by atoms with van der Waals surface area (Å²) < 4.78 is 0. The molecule has 2 heterocycles. The van der Waals surface area contributed by atoms with Crippen molar-refractivity contribution in [1.29, 1.82) is 0 Å². The number of carbonyl (C=O) groups is 1. The van der Waals surface area contributed by atoms with Gasteiger partial charge in [0.1, 0.15) is 11.4 Å². The molecule has 5 nitrogen and oxygen atoms in total. The van der Waals surface area contributed by atoms with Gasteiger partial charge in [-0.3, -0.25) is 9.78 Å². The van der Waals surface area contributed by atoms with Gasteiger partial charge in [0.15, 0.2) is 5.17 Å². The SMILES string of the molecule is Cc1ccc(N=C2NC(=O)/C(=C/c3ccncc3)S2)c(O)c1. The van der Waals surface area contributed by atoms with E-state index in [1.807, 2.05) is 25.1 Å². The Morgan fingerprint density at radius 1 is 1.27 bits per heavy atom. The maximum atomic E-state index is 12.0. The van der Waals surface area contributed by atoms with E-state index in [9.17, 15) is 9.90 Å². The predicted octanol–water partition coefficient (Wildman–Crippen LogP) is 2.99. The number of rotatable bonds is 2. The van der Waals surface area contributed by atoms with E-state index in [0.29, 0.717) is 15.8 Å².